The number of nitrogens with one attached hydrogen (secondary N) is 1. The molecule has 0 aliphatic heterocycles. The number of carbonyl (C=O) groups excluding carboxylic acids is 1. The van der Waals surface area contributed by atoms with E-state index in [1.165, 1.54) is 0 Å². The highest BCUT2D eigenvalue weighted by molar-refractivity contribution is 7.13. The highest BCUT2D eigenvalue weighted by atomic mass is 35.5. The van der Waals surface area contributed by atoms with Gasteiger partial charge in [-0.3, -0.25) is 4.79 Å². The average molecular weight is 364 g/mol. The van der Waals surface area contributed by atoms with E-state index in [0.29, 0.717) is 11.1 Å². The van der Waals surface area contributed by atoms with Crippen LogP contribution in [0.5, 0.6) is 0 Å². The van der Waals surface area contributed by atoms with Gasteiger partial charge in [0.05, 0.1) is 5.69 Å². The van der Waals surface area contributed by atoms with Crippen molar-refractivity contribution < 1.29 is 4.79 Å². The van der Waals surface area contributed by atoms with Crippen molar-refractivity contribution in [1.82, 2.24) is 10.3 Å². The van der Waals surface area contributed by atoms with E-state index in [-0.39, 0.29) is 17.9 Å². The van der Waals surface area contributed by atoms with E-state index in [4.69, 9.17) is 16.6 Å². The van der Waals surface area contributed by atoms with Gasteiger partial charge in [-0.05, 0) is 37.1 Å². The first-order chi connectivity index (χ1) is 11.3. The summed E-state index contributed by atoms with van der Waals surface area (Å²) in [6.07, 6.45) is 2.16. The van der Waals surface area contributed by atoms with Gasteiger partial charge in [0, 0.05) is 27.5 Å². The second-order valence-electron chi connectivity index (χ2n) is 7.17. The van der Waals surface area contributed by atoms with Crippen LogP contribution in [0.15, 0.2) is 29.6 Å². The summed E-state index contributed by atoms with van der Waals surface area (Å²) >= 11 is 7.56. The van der Waals surface area contributed by atoms with Crippen LogP contribution in [0, 0.1) is 0 Å². The van der Waals surface area contributed by atoms with Crippen LogP contribution in [0.4, 0.5) is 10.8 Å². The summed E-state index contributed by atoms with van der Waals surface area (Å²) in [5.41, 5.74) is 1.93. The lowest BCUT2D eigenvalue weighted by Crippen LogP contribution is -2.36. The summed E-state index contributed by atoms with van der Waals surface area (Å²) in [6, 6.07) is 7.86. The van der Waals surface area contributed by atoms with Crippen molar-refractivity contribution >= 4 is 39.7 Å². The van der Waals surface area contributed by atoms with Crippen molar-refractivity contribution in [2.24, 2.45) is 0 Å². The predicted molar refractivity (Wildman–Crippen MR) is 100 cm³/mol. The van der Waals surface area contributed by atoms with Gasteiger partial charge in [0.1, 0.15) is 6.54 Å². The van der Waals surface area contributed by atoms with Crippen molar-refractivity contribution in [2.45, 2.75) is 45.1 Å². The first-order valence-electron chi connectivity index (χ1n) is 8.11. The lowest BCUT2D eigenvalue weighted by Gasteiger charge is -2.22. The maximum absolute atomic E-state index is 12.3. The van der Waals surface area contributed by atoms with Crippen LogP contribution in [0.2, 0.25) is 5.02 Å². The van der Waals surface area contributed by atoms with Crippen molar-refractivity contribution in [1.29, 1.82) is 0 Å². The molecule has 0 spiro atoms. The first kappa shape index (κ1) is 17.2. The zero-order chi connectivity index (χ0) is 17.3. The number of rotatable bonds is 5. The third kappa shape index (κ3) is 4.28. The molecular formula is C18H22ClN3OS. The standard InChI is InChI=1S/C18H22ClN3OS/c1-18(2,3)15-11-24-17(21-15)22(10-16(23)20-13-6-7-13)14-8-4-12(19)5-9-14/h4-5,8-9,11,13H,6-7,10H2,1-3H3,(H,20,23). The lowest BCUT2D eigenvalue weighted by molar-refractivity contribution is -0.119. The Hall–Kier alpha value is -1.59. The number of benzene rings is 1. The van der Waals surface area contributed by atoms with Gasteiger partial charge in [-0.1, -0.05) is 32.4 Å². The zero-order valence-electron chi connectivity index (χ0n) is 14.2. The van der Waals surface area contributed by atoms with E-state index in [1.54, 1.807) is 11.3 Å². The molecule has 1 fully saturated rings. The van der Waals surface area contributed by atoms with Crippen LogP contribution < -0.4 is 10.2 Å². The Balaban J connectivity index is 1.87. The van der Waals surface area contributed by atoms with E-state index >= 15 is 0 Å². The molecule has 128 valence electrons. The molecule has 1 heterocycles. The van der Waals surface area contributed by atoms with Crippen molar-refractivity contribution in [3.05, 3.63) is 40.4 Å². The van der Waals surface area contributed by atoms with E-state index in [2.05, 4.69) is 31.5 Å². The average Bonchev–Trinajstić information content (AvgIpc) is 3.16. The van der Waals surface area contributed by atoms with Crippen LogP contribution in [0.25, 0.3) is 0 Å². The summed E-state index contributed by atoms with van der Waals surface area (Å²) in [6.45, 7) is 6.67. The molecule has 1 aromatic heterocycles. The van der Waals surface area contributed by atoms with Gasteiger partial charge in [0.25, 0.3) is 0 Å². The quantitative estimate of drug-likeness (QED) is 0.850. The van der Waals surface area contributed by atoms with Gasteiger partial charge >= 0.3 is 0 Å². The molecule has 3 rings (SSSR count). The molecule has 2 aromatic rings. The van der Waals surface area contributed by atoms with Crippen LogP contribution in [-0.4, -0.2) is 23.5 Å². The van der Waals surface area contributed by atoms with Gasteiger partial charge < -0.3 is 10.2 Å². The van der Waals surface area contributed by atoms with E-state index in [1.807, 2.05) is 29.2 Å². The number of anilines is 2. The van der Waals surface area contributed by atoms with Gasteiger partial charge in [-0.2, -0.15) is 0 Å². The van der Waals surface area contributed by atoms with Gasteiger partial charge in [0.15, 0.2) is 5.13 Å². The number of halogens is 1. The molecule has 4 nitrogen and oxygen atoms in total. The number of hydrogen-bond acceptors (Lipinski definition) is 4. The van der Waals surface area contributed by atoms with Gasteiger partial charge in [-0.25, -0.2) is 4.98 Å². The highest BCUT2D eigenvalue weighted by Crippen LogP contribution is 2.33. The molecular weight excluding hydrogens is 342 g/mol. The Bertz CT molecular complexity index is 717. The minimum atomic E-state index is -0.0172. The Morgan fingerprint density at radius 1 is 1.33 bits per heavy atom. The highest BCUT2D eigenvalue weighted by Gasteiger charge is 2.26. The SMILES string of the molecule is CC(C)(C)c1csc(N(CC(=O)NC2CC2)c2ccc(Cl)cc2)n1. The molecule has 1 amide bonds. The molecule has 6 heteroatoms. The summed E-state index contributed by atoms with van der Waals surface area (Å²) < 4.78 is 0. The Labute approximate surface area is 151 Å². The molecule has 0 unspecified atom stereocenters. The second-order valence-corrected chi connectivity index (χ2v) is 8.44. The molecule has 1 aliphatic carbocycles. The number of nitrogens with zero attached hydrogens (tertiary/aromatic N) is 2. The molecule has 1 saturated carbocycles. The minimum absolute atomic E-state index is 0.0172. The normalized spacial score (nSPS) is 14.5. The number of hydrogen-bond donors (Lipinski definition) is 1. The lowest BCUT2D eigenvalue weighted by atomic mass is 9.93. The number of amides is 1. The molecule has 0 saturated heterocycles. The molecule has 0 atom stereocenters. The first-order valence-corrected chi connectivity index (χ1v) is 9.37. The molecule has 0 radical (unpaired) electrons. The van der Waals surface area contributed by atoms with Crippen LogP contribution in [-0.2, 0) is 10.2 Å². The van der Waals surface area contributed by atoms with E-state index < -0.39 is 0 Å². The maximum Gasteiger partial charge on any atom is 0.240 e. The minimum Gasteiger partial charge on any atom is -0.352 e. The molecule has 1 aromatic carbocycles. The van der Waals surface area contributed by atoms with Crippen LogP contribution in [0.1, 0.15) is 39.3 Å². The summed E-state index contributed by atoms with van der Waals surface area (Å²) in [7, 11) is 0. The third-order valence-corrected chi connectivity index (χ3v) is 4.99. The zero-order valence-corrected chi connectivity index (χ0v) is 15.7. The maximum atomic E-state index is 12.3. The second kappa shape index (κ2) is 6.73. The predicted octanol–water partition coefficient (Wildman–Crippen LogP) is 4.51. The van der Waals surface area contributed by atoms with Crippen LogP contribution in [0.3, 0.4) is 0 Å². The number of thiazole rings is 1. The smallest absolute Gasteiger partial charge is 0.240 e. The summed E-state index contributed by atoms with van der Waals surface area (Å²) in [5, 5.41) is 6.61. The summed E-state index contributed by atoms with van der Waals surface area (Å²) in [5.74, 6) is 0.0277. The van der Waals surface area contributed by atoms with Crippen LogP contribution >= 0.6 is 22.9 Å². The van der Waals surface area contributed by atoms with Gasteiger partial charge in [-0.15, -0.1) is 11.3 Å². The topological polar surface area (TPSA) is 45.2 Å². The molecule has 1 aliphatic rings. The monoisotopic (exact) mass is 363 g/mol. The fourth-order valence-corrected chi connectivity index (χ4v) is 3.47. The van der Waals surface area contributed by atoms with E-state index in [9.17, 15) is 4.79 Å². The molecule has 0 bridgehead atoms. The number of carbonyl (C=O) groups is 1. The fraction of sp³-hybridized carbons (Fsp3) is 0.444. The Morgan fingerprint density at radius 3 is 2.54 bits per heavy atom. The number of aromatic nitrogens is 1. The van der Waals surface area contributed by atoms with E-state index in [0.717, 1.165) is 29.4 Å². The van der Waals surface area contributed by atoms with Crippen molar-refractivity contribution in [2.75, 3.05) is 11.4 Å². The van der Waals surface area contributed by atoms with Crippen molar-refractivity contribution in [3.63, 3.8) is 0 Å². The van der Waals surface area contributed by atoms with Gasteiger partial charge in [0.2, 0.25) is 5.91 Å². The Kier molecular flexibility index (Phi) is 4.83. The molecule has 24 heavy (non-hydrogen) atoms. The Morgan fingerprint density at radius 2 is 2.00 bits per heavy atom. The van der Waals surface area contributed by atoms with Crippen molar-refractivity contribution in [3.8, 4) is 0 Å². The summed E-state index contributed by atoms with van der Waals surface area (Å²) in [4.78, 5) is 19.0. The largest absolute Gasteiger partial charge is 0.352 e. The third-order valence-electron chi connectivity index (χ3n) is 3.87. The fourth-order valence-electron chi connectivity index (χ4n) is 2.27. The molecule has 1 N–H and O–H groups in total.